The van der Waals surface area contributed by atoms with E-state index >= 15 is 0 Å². The third-order valence-electron chi connectivity index (χ3n) is 1.67. The topological polar surface area (TPSA) is 72.5 Å². The molecule has 1 amide bonds. The van der Waals surface area contributed by atoms with Gasteiger partial charge in [0.1, 0.15) is 5.60 Å². The molecule has 0 heterocycles. The summed E-state index contributed by atoms with van der Waals surface area (Å²) in [5.74, 6) is 0. The first-order chi connectivity index (χ1) is 8.71. The van der Waals surface area contributed by atoms with E-state index in [-0.39, 0.29) is 4.90 Å². The lowest BCUT2D eigenvalue weighted by atomic mass is 10.2. The molecule has 1 aromatic carbocycles. The number of carbonyl (C=O) groups excluding carboxylic acids is 1. The Labute approximate surface area is 115 Å². The minimum Gasteiger partial charge on any atom is -0.443 e. The van der Waals surface area contributed by atoms with Crippen molar-refractivity contribution >= 4 is 16.1 Å². The third-order valence-corrected chi connectivity index (χ3v) is 3.00. The van der Waals surface area contributed by atoms with E-state index in [1.54, 1.807) is 39.0 Å². The van der Waals surface area contributed by atoms with Gasteiger partial charge in [-0.05, 0) is 32.9 Å². The molecular formula is C13H21NO4S. The molecule has 0 fully saturated rings. The van der Waals surface area contributed by atoms with Crippen molar-refractivity contribution < 1.29 is 17.9 Å². The Morgan fingerprint density at radius 3 is 2.00 bits per heavy atom. The summed E-state index contributed by atoms with van der Waals surface area (Å²) in [4.78, 5) is 11.4. The molecule has 0 aromatic heterocycles. The van der Waals surface area contributed by atoms with Crippen molar-refractivity contribution in [1.29, 1.82) is 0 Å². The summed E-state index contributed by atoms with van der Waals surface area (Å²) in [5.41, 5.74) is -0.740. The fraction of sp³-hybridized carbons (Fsp3) is 0.462. The molecule has 0 bridgehead atoms. The molecule has 0 spiro atoms. The number of rotatable bonds is 2. The summed E-state index contributed by atoms with van der Waals surface area (Å²) < 4.78 is 30.1. The maximum Gasteiger partial charge on any atom is 0.421 e. The summed E-state index contributed by atoms with van der Waals surface area (Å²) in [6.07, 6.45) is -0.985. The van der Waals surface area contributed by atoms with Crippen molar-refractivity contribution in [3.05, 3.63) is 30.3 Å². The van der Waals surface area contributed by atoms with Crippen LogP contribution in [0.3, 0.4) is 0 Å². The van der Waals surface area contributed by atoms with Crippen LogP contribution < -0.4 is 4.72 Å². The molecule has 0 unspecified atom stereocenters. The predicted octanol–water partition coefficient (Wildman–Crippen LogP) is 2.93. The number of hydrogen-bond acceptors (Lipinski definition) is 4. The zero-order valence-electron chi connectivity index (χ0n) is 11.9. The molecule has 1 N–H and O–H groups in total. The molecule has 6 heteroatoms. The van der Waals surface area contributed by atoms with Crippen molar-refractivity contribution in [1.82, 2.24) is 4.72 Å². The molecule has 1 aromatic rings. The minimum absolute atomic E-state index is 0.0193. The van der Waals surface area contributed by atoms with Gasteiger partial charge in [-0.2, -0.15) is 0 Å². The summed E-state index contributed by atoms with van der Waals surface area (Å²) in [7, 11) is -3.86. The highest BCUT2D eigenvalue weighted by atomic mass is 32.2. The Bertz CT molecular complexity index is 489. The molecule has 0 aliphatic carbocycles. The number of sulfonamides is 1. The van der Waals surface area contributed by atoms with Gasteiger partial charge >= 0.3 is 6.09 Å². The average molecular weight is 287 g/mol. The quantitative estimate of drug-likeness (QED) is 0.907. The highest BCUT2D eigenvalue weighted by Gasteiger charge is 2.22. The number of nitrogens with one attached hydrogen (secondary N) is 1. The standard InChI is InChI=1S/C11H15NO4S.C2H6/c1-11(2,3)16-10(13)12-17(14,15)9-7-5-4-6-8-9;1-2/h4-8H,1-3H3,(H,12,13);1-2H3. The second-order valence-corrected chi connectivity index (χ2v) is 6.10. The lowest BCUT2D eigenvalue weighted by Gasteiger charge is -2.19. The van der Waals surface area contributed by atoms with Crippen LogP contribution in [-0.4, -0.2) is 20.1 Å². The molecule has 0 saturated heterocycles. The van der Waals surface area contributed by atoms with E-state index in [0.717, 1.165) is 0 Å². The molecular weight excluding hydrogens is 266 g/mol. The van der Waals surface area contributed by atoms with Crippen molar-refractivity contribution in [3.8, 4) is 0 Å². The second-order valence-electron chi connectivity index (χ2n) is 4.42. The molecule has 0 saturated carbocycles. The van der Waals surface area contributed by atoms with Gasteiger partial charge in [0, 0.05) is 0 Å². The van der Waals surface area contributed by atoms with Gasteiger partial charge < -0.3 is 4.74 Å². The molecule has 0 aliphatic heterocycles. The second kappa shape index (κ2) is 7.13. The summed E-state index contributed by atoms with van der Waals surface area (Å²) >= 11 is 0. The predicted molar refractivity (Wildman–Crippen MR) is 74.3 cm³/mol. The summed E-state index contributed by atoms with van der Waals surface area (Å²) in [6.45, 7) is 8.96. The maximum absolute atomic E-state index is 11.7. The van der Waals surface area contributed by atoms with Crippen LogP contribution in [-0.2, 0) is 14.8 Å². The highest BCUT2D eigenvalue weighted by molar-refractivity contribution is 7.90. The van der Waals surface area contributed by atoms with E-state index in [0.29, 0.717) is 0 Å². The van der Waals surface area contributed by atoms with Gasteiger partial charge in [0.15, 0.2) is 0 Å². The van der Waals surface area contributed by atoms with Gasteiger partial charge in [0.2, 0.25) is 0 Å². The van der Waals surface area contributed by atoms with Crippen molar-refractivity contribution in [2.45, 2.75) is 45.1 Å². The molecule has 19 heavy (non-hydrogen) atoms. The lowest BCUT2D eigenvalue weighted by molar-refractivity contribution is 0.0570. The fourth-order valence-electron chi connectivity index (χ4n) is 1.07. The van der Waals surface area contributed by atoms with Gasteiger partial charge in [0.05, 0.1) is 4.90 Å². The largest absolute Gasteiger partial charge is 0.443 e. The molecule has 0 atom stereocenters. The van der Waals surface area contributed by atoms with E-state index in [1.807, 2.05) is 18.6 Å². The van der Waals surface area contributed by atoms with Crippen molar-refractivity contribution in [2.75, 3.05) is 0 Å². The first kappa shape index (κ1) is 17.4. The molecule has 1 rings (SSSR count). The molecule has 0 aliphatic rings. The van der Waals surface area contributed by atoms with Crippen molar-refractivity contribution in [2.24, 2.45) is 0 Å². The first-order valence-corrected chi connectivity index (χ1v) is 7.50. The zero-order valence-corrected chi connectivity index (χ0v) is 12.7. The van der Waals surface area contributed by atoms with E-state index in [2.05, 4.69) is 0 Å². The van der Waals surface area contributed by atoms with Crippen LogP contribution in [0.15, 0.2) is 35.2 Å². The van der Waals surface area contributed by atoms with Gasteiger partial charge in [-0.1, -0.05) is 32.0 Å². The van der Waals surface area contributed by atoms with E-state index in [4.69, 9.17) is 4.74 Å². The maximum atomic E-state index is 11.7. The van der Waals surface area contributed by atoms with Crippen LogP contribution in [0.1, 0.15) is 34.6 Å². The number of amides is 1. The summed E-state index contributed by atoms with van der Waals surface area (Å²) in [5, 5.41) is 0. The Balaban J connectivity index is 0.00000154. The minimum atomic E-state index is -3.86. The molecule has 5 nitrogen and oxygen atoms in total. The zero-order chi connectivity index (χ0) is 15.1. The molecule has 0 radical (unpaired) electrons. The number of carbonyl (C=O) groups is 1. The number of ether oxygens (including phenoxy) is 1. The Hall–Kier alpha value is -1.56. The van der Waals surface area contributed by atoms with Crippen LogP contribution in [0, 0.1) is 0 Å². The van der Waals surface area contributed by atoms with Crippen molar-refractivity contribution in [3.63, 3.8) is 0 Å². The van der Waals surface area contributed by atoms with Gasteiger partial charge in [-0.3, -0.25) is 0 Å². The van der Waals surface area contributed by atoms with Crippen LogP contribution >= 0.6 is 0 Å². The monoisotopic (exact) mass is 287 g/mol. The van der Waals surface area contributed by atoms with Crippen LogP contribution in [0.4, 0.5) is 4.79 Å². The average Bonchev–Trinajstić information content (AvgIpc) is 2.29. The third kappa shape index (κ3) is 6.81. The fourth-order valence-corrected chi connectivity index (χ4v) is 1.96. The van der Waals surface area contributed by atoms with Crippen LogP contribution in [0.25, 0.3) is 0 Å². The first-order valence-electron chi connectivity index (χ1n) is 6.01. The van der Waals surface area contributed by atoms with E-state index in [9.17, 15) is 13.2 Å². The highest BCUT2D eigenvalue weighted by Crippen LogP contribution is 2.10. The van der Waals surface area contributed by atoms with Gasteiger partial charge in [0.25, 0.3) is 10.0 Å². The Morgan fingerprint density at radius 1 is 1.11 bits per heavy atom. The normalized spacial score (nSPS) is 11.0. The number of hydrogen-bond donors (Lipinski definition) is 1. The van der Waals surface area contributed by atoms with Crippen LogP contribution in [0.2, 0.25) is 0 Å². The smallest absolute Gasteiger partial charge is 0.421 e. The van der Waals surface area contributed by atoms with E-state index < -0.39 is 21.7 Å². The Morgan fingerprint density at radius 2 is 1.58 bits per heavy atom. The van der Waals surface area contributed by atoms with E-state index in [1.165, 1.54) is 12.1 Å². The van der Waals surface area contributed by atoms with Crippen LogP contribution in [0.5, 0.6) is 0 Å². The Kier molecular flexibility index (Phi) is 6.55. The SMILES string of the molecule is CC.CC(C)(C)OC(=O)NS(=O)(=O)c1ccccc1. The lowest BCUT2D eigenvalue weighted by Crippen LogP contribution is -2.36. The number of benzene rings is 1. The summed E-state index contributed by atoms with van der Waals surface area (Å²) in [6, 6.07) is 7.62. The van der Waals surface area contributed by atoms with Gasteiger partial charge in [-0.15, -0.1) is 0 Å². The van der Waals surface area contributed by atoms with Gasteiger partial charge in [-0.25, -0.2) is 17.9 Å². The molecule has 108 valence electrons.